The highest BCUT2D eigenvalue weighted by Crippen LogP contribution is 2.29. The van der Waals surface area contributed by atoms with Crippen molar-refractivity contribution in [3.8, 4) is 0 Å². The van der Waals surface area contributed by atoms with Crippen LogP contribution in [0.3, 0.4) is 0 Å². The van der Waals surface area contributed by atoms with Gasteiger partial charge in [-0.1, -0.05) is 34.1 Å². The third-order valence-electron chi connectivity index (χ3n) is 3.70. The predicted octanol–water partition coefficient (Wildman–Crippen LogP) is 3.83. The van der Waals surface area contributed by atoms with Gasteiger partial charge in [0.2, 0.25) is 0 Å². The van der Waals surface area contributed by atoms with Gasteiger partial charge in [-0.25, -0.2) is 0 Å². The maximum atomic E-state index is 4.40. The van der Waals surface area contributed by atoms with Gasteiger partial charge in [0.05, 0.1) is 5.69 Å². The van der Waals surface area contributed by atoms with Crippen LogP contribution in [0, 0.1) is 0 Å². The summed E-state index contributed by atoms with van der Waals surface area (Å²) in [5.41, 5.74) is 2.61. The Labute approximate surface area is 122 Å². The minimum Gasteiger partial charge on any atom is -0.297 e. The van der Waals surface area contributed by atoms with Crippen LogP contribution < -0.4 is 0 Å². The molecule has 1 aliphatic heterocycles. The van der Waals surface area contributed by atoms with E-state index in [2.05, 4.69) is 62.2 Å². The minimum atomic E-state index is 0.654. The molecule has 1 atom stereocenters. The van der Waals surface area contributed by atoms with Gasteiger partial charge in [0.1, 0.15) is 0 Å². The summed E-state index contributed by atoms with van der Waals surface area (Å²) in [5, 5.41) is 0. The monoisotopic (exact) mass is 316 g/mol. The van der Waals surface area contributed by atoms with Crippen molar-refractivity contribution in [3.05, 3.63) is 64.4 Å². The van der Waals surface area contributed by atoms with Crippen LogP contribution in [-0.2, 0) is 6.54 Å². The number of halogens is 1. The Morgan fingerprint density at radius 3 is 2.95 bits per heavy atom. The van der Waals surface area contributed by atoms with Gasteiger partial charge in [0.15, 0.2) is 0 Å². The number of hydrogen-bond acceptors (Lipinski definition) is 2. The van der Waals surface area contributed by atoms with E-state index in [4.69, 9.17) is 0 Å². The normalized spacial score (nSPS) is 19.7. The molecule has 3 rings (SSSR count). The van der Waals surface area contributed by atoms with Crippen LogP contribution in [0.5, 0.6) is 0 Å². The summed E-state index contributed by atoms with van der Waals surface area (Å²) in [6.45, 7) is 3.26. The summed E-state index contributed by atoms with van der Waals surface area (Å²) in [6.07, 6.45) is 3.11. The lowest BCUT2D eigenvalue weighted by molar-refractivity contribution is 0.323. The molecule has 0 N–H and O–H groups in total. The fraction of sp³-hybridized carbons (Fsp3) is 0.312. The highest BCUT2D eigenvalue weighted by Gasteiger charge is 2.23. The summed E-state index contributed by atoms with van der Waals surface area (Å²) in [7, 11) is 0. The molecule has 98 valence electrons. The zero-order valence-corrected chi connectivity index (χ0v) is 12.4. The second kappa shape index (κ2) is 5.85. The van der Waals surface area contributed by atoms with Crippen molar-refractivity contribution in [2.24, 2.45) is 0 Å². The van der Waals surface area contributed by atoms with Crippen molar-refractivity contribution >= 4 is 15.9 Å². The lowest BCUT2D eigenvalue weighted by Crippen LogP contribution is -2.20. The molecule has 2 heterocycles. The quantitative estimate of drug-likeness (QED) is 0.855. The molecule has 0 radical (unpaired) electrons. The Hall–Kier alpha value is -1.19. The van der Waals surface area contributed by atoms with Crippen LogP contribution in [-0.4, -0.2) is 23.0 Å². The Morgan fingerprint density at radius 1 is 1.21 bits per heavy atom. The molecule has 1 aliphatic rings. The average Bonchev–Trinajstić information content (AvgIpc) is 2.88. The van der Waals surface area contributed by atoms with Gasteiger partial charge < -0.3 is 0 Å². The smallest absolute Gasteiger partial charge is 0.0543 e. The van der Waals surface area contributed by atoms with Crippen LogP contribution in [0.15, 0.2) is 53.1 Å². The molecule has 19 heavy (non-hydrogen) atoms. The van der Waals surface area contributed by atoms with Crippen molar-refractivity contribution in [1.82, 2.24) is 9.88 Å². The third-order valence-corrected chi connectivity index (χ3v) is 4.20. The second-order valence-electron chi connectivity index (χ2n) is 5.10. The number of pyridine rings is 1. The Morgan fingerprint density at radius 2 is 2.16 bits per heavy atom. The lowest BCUT2D eigenvalue weighted by atomic mass is 9.99. The highest BCUT2D eigenvalue weighted by atomic mass is 79.9. The predicted molar refractivity (Wildman–Crippen MR) is 81.0 cm³/mol. The summed E-state index contributed by atoms with van der Waals surface area (Å²) in [4.78, 5) is 6.90. The van der Waals surface area contributed by atoms with Gasteiger partial charge in [0, 0.05) is 23.8 Å². The van der Waals surface area contributed by atoms with Crippen molar-refractivity contribution in [1.29, 1.82) is 0 Å². The van der Waals surface area contributed by atoms with Crippen LogP contribution in [0.2, 0.25) is 0 Å². The lowest BCUT2D eigenvalue weighted by Gasteiger charge is -2.15. The fourth-order valence-electron chi connectivity index (χ4n) is 2.73. The first-order chi connectivity index (χ1) is 9.31. The molecule has 1 aromatic heterocycles. The fourth-order valence-corrected chi connectivity index (χ4v) is 3.15. The summed E-state index contributed by atoms with van der Waals surface area (Å²) >= 11 is 3.55. The van der Waals surface area contributed by atoms with E-state index in [-0.39, 0.29) is 0 Å². The Kier molecular flexibility index (Phi) is 3.95. The molecule has 1 aromatic carbocycles. The first-order valence-electron chi connectivity index (χ1n) is 6.69. The van der Waals surface area contributed by atoms with Gasteiger partial charge in [0.25, 0.3) is 0 Å². The van der Waals surface area contributed by atoms with E-state index in [1.54, 1.807) is 0 Å². The average molecular weight is 317 g/mol. The first-order valence-corrected chi connectivity index (χ1v) is 7.48. The second-order valence-corrected chi connectivity index (χ2v) is 6.01. The van der Waals surface area contributed by atoms with Gasteiger partial charge in [-0.3, -0.25) is 9.88 Å². The van der Waals surface area contributed by atoms with E-state index in [0.717, 1.165) is 25.3 Å². The molecule has 0 amide bonds. The van der Waals surface area contributed by atoms with E-state index >= 15 is 0 Å². The molecule has 1 fully saturated rings. The van der Waals surface area contributed by atoms with E-state index < -0.39 is 0 Å². The molecule has 0 spiro atoms. The minimum absolute atomic E-state index is 0.654. The SMILES string of the molecule is Brc1cccc(C2CCN(Cc3ccccn3)C2)c1. The molecule has 0 bridgehead atoms. The number of rotatable bonds is 3. The molecule has 1 unspecified atom stereocenters. The number of hydrogen-bond donors (Lipinski definition) is 0. The summed E-state index contributed by atoms with van der Waals surface area (Å²) in [6, 6.07) is 14.8. The maximum absolute atomic E-state index is 4.40. The van der Waals surface area contributed by atoms with Crippen LogP contribution in [0.4, 0.5) is 0 Å². The summed E-state index contributed by atoms with van der Waals surface area (Å²) in [5.74, 6) is 0.654. The van der Waals surface area contributed by atoms with E-state index in [9.17, 15) is 0 Å². The first kappa shape index (κ1) is 12.8. The standard InChI is InChI=1S/C16H17BrN2/c17-15-5-3-4-13(10-15)14-7-9-19(11-14)12-16-6-1-2-8-18-16/h1-6,8,10,14H,7,9,11-12H2. The highest BCUT2D eigenvalue weighted by molar-refractivity contribution is 9.10. The van der Waals surface area contributed by atoms with E-state index in [0.29, 0.717) is 5.92 Å². The van der Waals surface area contributed by atoms with E-state index in [1.807, 2.05) is 12.3 Å². The Bertz CT molecular complexity index is 541. The van der Waals surface area contributed by atoms with Gasteiger partial charge in [-0.15, -0.1) is 0 Å². The third kappa shape index (κ3) is 3.23. The zero-order chi connectivity index (χ0) is 13.1. The molecule has 3 heteroatoms. The summed E-state index contributed by atoms with van der Waals surface area (Å²) < 4.78 is 1.17. The topological polar surface area (TPSA) is 16.1 Å². The number of nitrogens with zero attached hydrogens (tertiary/aromatic N) is 2. The van der Waals surface area contributed by atoms with Crippen LogP contribution in [0.25, 0.3) is 0 Å². The molecular formula is C16H17BrN2. The van der Waals surface area contributed by atoms with Crippen molar-refractivity contribution in [3.63, 3.8) is 0 Å². The van der Waals surface area contributed by atoms with Crippen molar-refractivity contribution in [2.45, 2.75) is 18.9 Å². The molecule has 0 aliphatic carbocycles. The van der Waals surface area contributed by atoms with Crippen LogP contribution >= 0.6 is 15.9 Å². The molecular weight excluding hydrogens is 300 g/mol. The molecule has 2 aromatic rings. The maximum Gasteiger partial charge on any atom is 0.0543 e. The number of benzene rings is 1. The largest absolute Gasteiger partial charge is 0.297 e. The van der Waals surface area contributed by atoms with E-state index in [1.165, 1.54) is 16.5 Å². The van der Waals surface area contributed by atoms with Crippen molar-refractivity contribution < 1.29 is 0 Å². The van der Waals surface area contributed by atoms with Gasteiger partial charge in [-0.2, -0.15) is 0 Å². The molecule has 1 saturated heterocycles. The van der Waals surface area contributed by atoms with Gasteiger partial charge in [-0.05, 0) is 48.7 Å². The molecule has 2 nitrogen and oxygen atoms in total. The van der Waals surface area contributed by atoms with Crippen LogP contribution in [0.1, 0.15) is 23.6 Å². The van der Waals surface area contributed by atoms with Crippen molar-refractivity contribution in [2.75, 3.05) is 13.1 Å². The Balaban J connectivity index is 1.64. The van der Waals surface area contributed by atoms with Gasteiger partial charge >= 0.3 is 0 Å². The number of likely N-dealkylation sites (tertiary alicyclic amines) is 1. The molecule has 0 saturated carbocycles. The zero-order valence-electron chi connectivity index (χ0n) is 10.8. The number of aromatic nitrogens is 1.